The van der Waals surface area contributed by atoms with E-state index in [0.717, 1.165) is 32.1 Å². The molecule has 0 rings (SSSR count). The molecule has 0 saturated carbocycles. The van der Waals surface area contributed by atoms with Gasteiger partial charge in [0.1, 0.15) is 6.10 Å². The summed E-state index contributed by atoms with van der Waals surface area (Å²) in [5.74, 6) is -0.466. The van der Waals surface area contributed by atoms with Crippen LogP contribution in [0.2, 0.25) is 0 Å². The molecular formula is C45H91NO4. The smallest absolute Gasteiger partial charge is 0.249 e. The van der Waals surface area contributed by atoms with Crippen molar-refractivity contribution in [1.82, 2.24) is 5.32 Å². The third-order valence-corrected chi connectivity index (χ3v) is 11.0. The van der Waals surface area contributed by atoms with Crippen LogP contribution in [0, 0.1) is 0 Å². The summed E-state index contributed by atoms with van der Waals surface area (Å²) in [5, 5.41) is 33.3. The summed E-state index contributed by atoms with van der Waals surface area (Å²) in [7, 11) is 0. The Bertz CT molecular complexity index is 659. The zero-order valence-electron chi connectivity index (χ0n) is 34.1. The number of hydrogen-bond donors (Lipinski definition) is 4. The monoisotopic (exact) mass is 710 g/mol. The van der Waals surface area contributed by atoms with Gasteiger partial charge in [-0.25, -0.2) is 0 Å². The van der Waals surface area contributed by atoms with Crippen LogP contribution < -0.4 is 5.32 Å². The predicted octanol–water partition coefficient (Wildman–Crippen LogP) is 13.0. The van der Waals surface area contributed by atoms with Gasteiger partial charge in [-0.2, -0.15) is 0 Å². The SMILES string of the molecule is CCCCCCCCCCCCCCCCCCCCCCCCCCC(O)C(=O)NC(CO)C(O)CCCCCCCCCCCCCC. The van der Waals surface area contributed by atoms with E-state index in [1.165, 1.54) is 199 Å². The summed E-state index contributed by atoms with van der Waals surface area (Å²) in [4.78, 5) is 12.5. The zero-order valence-corrected chi connectivity index (χ0v) is 34.1. The highest BCUT2D eigenvalue weighted by Gasteiger charge is 2.23. The van der Waals surface area contributed by atoms with Gasteiger partial charge in [-0.05, 0) is 12.8 Å². The van der Waals surface area contributed by atoms with Gasteiger partial charge in [-0.15, -0.1) is 0 Å². The third-order valence-electron chi connectivity index (χ3n) is 11.0. The second-order valence-electron chi connectivity index (χ2n) is 16.0. The van der Waals surface area contributed by atoms with Gasteiger partial charge in [0, 0.05) is 0 Å². The molecule has 0 aromatic carbocycles. The molecule has 0 radical (unpaired) electrons. The largest absolute Gasteiger partial charge is 0.394 e. The molecule has 0 aromatic heterocycles. The Morgan fingerprint density at radius 2 is 0.640 bits per heavy atom. The summed E-state index contributed by atoms with van der Waals surface area (Å²) in [6.07, 6.45) is 46.9. The second-order valence-corrected chi connectivity index (χ2v) is 16.0. The van der Waals surface area contributed by atoms with Crippen molar-refractivity contribution in [1.29, 1.82) is 0 Å². The molecule has 0 aromatic rings. The molecule has 3 atom stereocenters. The van der Waals surface area contributed by atoms with Crippen LogP contribution in [0.25, 0.3) is 0 Å². The molecule has 5 heteroatoms. The topological polar surface area (TPSA) is 89.8 Å². The summed E-state index contributed by atoms with van der Waals surface area (Å²) in [5.41, 5.74) is 0. The average molecular weight is 710 g/mol. The van der Waals surface area contributed by atoms with E-state index in [4.69, 9.17) is 0 Å². The molecule has 0 heterocycles. The minimum absolute atomic E-state index is 0.308. The first-order valence-electron chi connectivity index (χ1n) is 22.8. The fourth-order valence-electron chi connectivity index (χ4n) is 7.37. The number of aliphatic hydroxyl groups is 3. The van der Waals surface area contributed by atoms with Gasteiger partial charge < -0.3 is 20.6 Å². The van der Waals surface area contributed by atoms with Gasteiger partial charge in [0.05, 0.1) is 18.8 Å². The predicted molar refractivity (Wildman–Crippen MR) is 218 cm³/mol. The van der Waals surface area contributed by atoms with Crippen molar-refractivity contribution in [2.45, 2.75) is 276 Å². The van der Waals surface area contributed by atoms with Crippen molar-refractivity contribution in [3.63, 3.8) is 0 Å². The highest BCUT2D eigenvalue weighted by atomic mass is 16.3. The van der Waals surface area contributed by atoms with Crippen molar-refractivity contribution in [3.05, 3.63) is 0 Å². The van der Waals surface area contributed by atoms with Crippen LogP contribution in [-0.2, 0) is 4.79 Å². The lowest BCUT2D eigenvalue weighted by molar-refractivity contribution is -0.131. The van der Waals surface area contributed by atoms with Crippen LogP contribution in [0.1, 0.15) is 258 Å². The van der Waals surface area contributed by atoms with E-state index in [1.54, 1.807) is 0 Å². The minimum Gasteiger partial charge on any atom is -0.394 e. The first kappa shape index (κ1) is 49.4. The van der Waals surface area contributed by atoms with Gasteiger partial charge in [0.2, 0.25) is 5.91 Å². The van der Waals surface area contributed by atoms with Crippen LogP contribution >= 0.6 is 0 Å². The maximum Gasteiger partial charge on any atom is 0.249 e. The lowest BCUT2D eigenvalue weighted by atomic mass is 10.0. The number of aliphatic hydroxyl groups excluding tert-OH is 3. The number of amides is 1. The molecule has 5 nitrogen and oxygen atoms in total. The lowest BCUT2D eigenvalue weighted by Crippen LogP contribution is -2.49. The molecule has 1 amide bonds. The first-order valence-corrected chi connectivity index (χ1v) is 22.8. The standard InChI is InChI=1S/C45H91NO4/c1-3-5-7-9-11-13-15-17-18-19-20-21-22-23-24-25-26-27-28-30-32-34-36-38-40-44(49)45(50)46-42(41-47)43(48)39-37-35-33-31-29-16-14-12-10-8-6-4-2/h42-44,47-49H,3-41H2,1-2H3,(H,46,50). The molecule has 0 aliphatic rings. The van der Waals surface area contributed by atoms with Gasteiger partial charge in [-0.3, -0.25) is 4.79 Å². The molecular weight excluding hydrogens is 618 g/mol. The summed E-state index contributed by atoms with van der Waals surface area (Å²) in [6.45, 7) is 4.24. The normalized spacial score (nSPS) is 13.5. The van der Waals surface area contributed by atoms with Crippen LogP contribution in [-0.4, -0.2) is 46.1 Å². The number of nitrogens with one attached hydrogen (secondary N) is 1. The van der Waals surface area contributed by atoms with E-state index in [-0.39, 0.29) is 6.61 Å². The molecule has 0 aliphatic heterocycles. The minimum atomic E-state index is -1.07. The van der Waals surface area contributed by atoms with Gasteiger partial charge in [-0.1, -0.05) is 245 Å². The molecule has 0 saturated heterocycles. The number of unbranched alkanes of at least 4 members (excludes halogenated alkanes) is 34. The van der Waals surface area contributed by atoms with E-state index in [0.29, 0.717) is 12.8 Å². The molecule has 50 heavy (non-hydrogen) atoms. The fourth-order valence-corrected chi connectivity index (χ4v) is 7.37. The fraction of sp³-hybridized carbons (Fsp3) is 0.978. The Morgan fingerprint density at radius 1 is 0.400 bits per heavy atom. The van der Waals surface area contributed by atoms with E-state index in [1.807, 2.05) is 0 Å². The number of carbonyl (C=O) groups excluding carboxylic acids is 1. The van der Waals surface area contributed by atoms with Crippen molar-refractivity contribution < 1.29 is 20.1 Å². The van der Waals surface area contributed by atoms with Crippen molar-refractivity contribution in [3.8, 4) is 0 Å². The quantitative estimate of drug-likeness (QED) is 0.0475. The number of hydrogen-bond acceptors (Lipinski definition) is 4. The average Bonchev–Trinajstić information content (AvgIpc) is 3.12. The Morgan fingerprint density at radius 3 is 0.900 bits per heavy atom. The molecule has 4 N–H and O–H groups in total. The van der Waals surface area contributed by atoms with E-state index in [9.17, 15) is 20.1 Å². The van der Waals surface area contributed by atoms with Crippen molar-refractivity contribution in [2.75, 3.05) is 6.61 Å². The van der Waals surface area contributed by atoms with Crippen LogP contribution in [0.3, 0.4) is 0 Å². The van der Waals surface area contributed by atoms with Crippen LogP contribution in [0.5, 0.6) is 0 Å². The second kappa shape index (κ2) is 41.1. The Hall–Kier alpha value is -0.650. The molecule has 300 valence electrons. The molecule has 0 fully saturated rings. The maximum absolute atomic E-state index is 12.5. The van der Waals surface area contributed by atoms with E-state index < -0.39 is 24.2 Å². The number of rotatable bonds is 42. The maximum atomic E-state index is 12.5. The summed E-state index contributed by atoms with van der Waals surface area (Å²) >= 11 is 0. The number of carbonyl (C=O) groups is 1. The molecule has 0 bridgehead atoms. The molecule has 0 spiro atoms. The first-order chi connectivity index (χ1) is 24.6. The van der Waals surface area contributed by atoms with Crippen LogP contribution in [0.4, 0.5) is 0 Å². The highest BCUT2D eigenvalue weighted by molar-refractivity contribution is 5.80. The Kier molecular flexibility index (Phi) is 40.6. The van der Waals surface area contributed by atoms with Crippen LogP contribution in [0.15, 0.2) is 0 Å². The van der Waals surface area contributed by atoms with Gasteiger partial charge in [0.15, 0.2) is 0 Å². The van der Waals surface area contributed by atoms with Crippen molar-refractivity contribution in [2.24, 2.45) is 0 Å². The summed E-state index contributed by atoms with van der Waals surface area (Å²) < 4.78 is 0. The molecule has 0 aliphatic carbocycles. The van der Waals surface area contributed by atoms with E-state index in [2.05, 4.69) is 19.2 Å². The third kappa shape index (κ3) is 35.7. The molecule has 3 unspecified atom stereocenters. The van der Waals surface area contributed by atoms with Crippen molar-refractivity contribution >= 4 is 5.91 Å². The van der Waals surface area contributed by atoms with Gasteiger partial charge >= 0.3 is 0 Å². The van der Waals surface area contributed by atoms with Gasteiger partial charge in [0.25, 0.3) is 0 Å². The Labute approximate surface area is 313 Å². The Balaban J connectivity index is 3.51. The van der Waals surface area contributed by atoms with E-state index >= 15 is 0 Å². The lowest BCUT2D eigenvalue weighted by Gasteiger charge is -2.23. The highest BCUT2D eigenvalue weighted by Crippen LogP contribution is 2.17. The zero-order chi connectivity index (χ0) is 36.6. The summed E-state index contributed by atoms with van der Waals surface area (Å²) in [6, 6.07) is -0.705.